The van der Waals surface area contributed by atoms with Crippen LogP contribution in [0, 0.1) is 13.8 Å². The molecule has 0 atom stereocenters. The van der Waals surface area contributed by atoms with Gasteiger partial charge in [0.2, 0.25) is 11.9 Å². The van der Waals surface area contributed by atoms with Crippen LogP contribution in [0.5, 0.6) is 0 Å². The summed E-state index contributed by atoms with van der Waals surface area (Å²) in [5, 5.41) is 3.09. The molecular weight excluding hydrogens is 228 g/mol. The lowest BCUT2D eigenvalue weighted by molar-refractivity contribution is -0.130. The molecule has 1 heterocycles. The van der Waals surface area contributed by atoms with Crippen molar-refractivity contribution in [1.29, 1.82) is 0 Å². The van der Waals surface area contributed by atoms with Crippen LogP contribution in [0.3, 0.4) is 0 Å². The van der Waals surface area contributed by atoms with Crippen molar-refractivity contribution in [3.63, 3.8) is 0 Å². The van der Waals surface area contributed by atoms with E-state index in [-0.39, 0.29) is 5.91 Å². The van der Waals surface area contributed by atoms with E-state index >= 15 is 0 Å². The lowest BCUT2D eigenvalue weighted by atomic mass is 10.3. The normalized spacial score (nSPS) is 10.2. The van der Waals surface area contributed by atoms with Gasteiger partial charge in [0.15, 0.2) is 0 Å². The Kier molecular flexibility index (Phi) is 5.55. The Balaban J connectivity index is 2.44. The van der Waals surface area contributed by atoms with Gasteiger partial charge in [-0.15, -0.1) is 0 Å². The summed E-state index contributed by atoms with van der Waals surface area (Å²) in [6.45, 7) is 9.93. The Bertz CT molecular complexity index is 382. The summed E-state index contributed by atoms with van der Waals surface area (Å²) in [5.41, 5.74) is 1.86. The lowest BCUT2D eigenvalue weighted by Gasteiger charge is -2.18. The second kappa shape index (κ2) is 6.93. The van der Waals surface area contributed by atoms with Gasteiger partial charge in [-0.2, -0.15) is 0 Å². The van der Waals surface area contributed by atoms with E-state index in [9.17, 15) is 4.79 Å². The van der Waals surface area contributed by atoms with Crippen LogP contribution < -0.4 is 5.32 Å². The molecule has 0 aliphatic heterocycles. The van der Waals surface area contributed by atoms with Crippen molar-refractivity contribution in [2.45, 2.75) is 34.1 Å². The molecule has 1 aromatic heterocycles. The maximum atomic E-state index is 11.8. The Morgan fingerprint density at radius 1 is 1.22 bits per heavy atom. The average molecular weight is 250 g/mol. The number of anilines is 1. The Morgan fingerprint density at radius 3 is 2.28 bits per heavy atom. The number of aromatic nitrogens is 2. The highest BCUT2D eigenvalue weighted by Crippen LogP contribution is 2.04. The molecule has 5 nitrogen and oxygen atoms in total. The van der Waals surface area contributed by atoms with Crippen LogP contribution in [-0.2, 0) is 4.79 Å². The number of hydrogen-bond acceptors (Lipinski definition) is 4. The fourth-order valence-electron chi connectivity index (χ4n) is 1.82. The quantitative estimate of drug-likeness (QED) is 0.836. The molecule has 0 aromatic carbocycles. The van der Waals surface area contributed by atoms with E-state index < -0.39 is 0 Å². The standard InChI is InChI=1S/C13H22N4O/c1-5-17(6-2)12(18)7-8-14-13-15-10(3)9-11(4)16-13/h9H,5-8H2,1-4H3,(H,14,15,16). The van der Waals surface area contributed by atoms with E-state index in [1.165, 1.54) is 0 Å². The summed E-state index contributed by atoms with van der Waals surface area (Å²) < 4.78 is 0. The molecule has 1 aromatic rings. The Morgan fingerprint density at radius 2 is 1.78 bits per heavy atom. The van der Waals surface area contributed by atoms with Crippen molar-refractivity contribution in [1.82, 2.24) is 14.9 Å². The molecular formula is C13H22N4O. The number of carbonyl (C=O) groups is 1. The molecule has 1 rings (SSSR count). The summed E-state index contributed by atoms with van der Waals surface area (Å²) in [6, 6.07) is 1.92. The maximum absolute atomic E-state index is 11.8. The second-order valence-electron chi connectivity index (χ2n) is 4.22. The highest BCUT2D eigenvalue weighted by atomic mass is 16.2. The third kappa shape index (κ3) is 4.31. The van der Waals surface area contributed by atoms with Crippen molar-refractivity contribution in [2.24, 2.45) is 0 Å². The van der Waals surface area contributed by atoms with E-state index in [1.807, 2.05) is 38.7 Å². The van der Waals surface area contributed by atoms with Gasteiger partial charge in [0.05, 0.1) is 0 Å². The predicted molar refractivity (Wildman–Crippen MR) is 72.5 cm³/mol. The number of carbonyl (C=O) groups excluding carboxylic acids is 1. The van der Waals surface area contributed by atoms with Gasteiger partial charge in [-0.3, -0.25) is 4.79 Å². The number of rotatable bonds is 6. The van der Waals surface area contributed by atoms with E-state index in [0.29, 0.717) is 18.9 Å². The zero-order valence-corrected chi connectivity index (χ0v) is 11.7. The first-order valence-electron chi connectivity index (χ1n) is 6.40. The van der Waals surface area contributed by atoms with Gasteiger partial charge in [-0.25, -0.2) is 9.97 Å². The van der Waals surface area contributed by atoms with Crippen LogP contribution in [-0.4, -0.2) is 40.4 Å². The highest BCUT2D eigenvalue weighted by Gasteiger charge is 2.08. The Labute approximate surface area is 109 Å². The minimum absolute atomic E-state index is 0.164. The molecule has 0 aliphatic rings. The molecule has 0 fully saturated rings. The molecule has 18 heavy (non-hydrogen) atoms. The molecule has 0 aliphatic carbocycles. The van der Waals surface area contributed by atoms with Crippen LogP contribution in [0.15, 0.2) is 6.07 Å². The van der Waals surface area contributed by atoms with Gasteiger partial charge in [0.25, 0.3) is 0 Å². The molecule has 0 unspecified atom stereocenters. The molecule has 0 radical (unpaired) electrons. The van der Waals surface area contributed by atoms with Crippen molar-refractivity contribution in [3.05, 3.63) is 17.5 Å². The maximum Gasteiger partial charge on any atom is 0.224 e. The number of amides is 1. The molecule has 1 amide bonds. The molecule has 5 heteroatoms. The van der Waals surface area contributed by atoms with Gasteiger partial charge in [0, 0.05) is 37.4 Å². The summed E-state index contributed by atoms with van der Waals surface area (Å²) in [4.78, 5) is 22.1. The van der Waals surface area contributed by atoms with Crippen molar-refractivity contribution < 1.29 is 4.79 Å². The average Bonchev–Trinajstić information content (AvgIpc) is 2.29. The smallest absolute Gasteiger partial charge is 0.224 e. The van der Waals surface area contributed by atoms with Gasteiger partial charge in [-0.05, 0) is 33.8 Å². The van der Waals surface area contributed by atoms with Crippen molar-refractivity contribution >= 4 is 11.9 Å². The van der Waals surface area contributed by atoms with Crippen LogP contribution in [0.2, 0.25) is 0 Å². The largest absolute Gasteiger partial charge is 0.354 e. The molecule has 0 saturated heterocycles. The summed E-state index contributed by atoms with van der Waals surface area (Å²) in [6.07, 6.45) is 0.470. The molecule has 0 bridgehead atoms. The van der Waals surface area contributed by atoms with Crippen LogP contribution in [0.1, 0.15) is 31.7 Å². The van der Waals surface area contributed by atoms with Crippen molar-refractivity contribution in [3.8, 4) is 0 Å². The van der Waals surface area contributed by atoms with Crippen LogP contribution in [0.4, 0.5) is 5.95 Å². The van der Waals surface area contributed by atoms with E-state index in [1.54, 1.807) is 0 Å². The first-order valence-corrected chi connectivity index (χ1v) is 6.40. The number of hydrogen-bond donors (Lipinski definition) is 1. The van der Waals surface area contributed by atoms with E-state index in [0.717, 1.165) is 24.5 Å². The minimum atomic E-state index is 0.164. The fourth-order valence-corrected chi connectivity index (χ4v) is 1.82. The number of aryl methyl sites for hydroxylation is 2. The van der Waals surface area contributed by atoms with Crippen molar-refractivity contribution in [2.75, 3.05) is 25.0 Å². The Hall–Kier alpha value is -1.65. The lowest BCUT2D eigenvalue weighted by Crippen LogP contribution is -2.31. The monoisotopic (exact) mass is 250 g/mol. The topological polar surface area (TPSA) is 58.1 Å². The van der Waals surface area contributed by atoms with E-state index in [4.69, 9.17) is 0 Å². The fraction of sp³-hybridized carbons (Fsp3) is 0.615. The number of nitrogens with zero attached hydrogens (tertiary/aromatic N) is 3. The SMILES string of the molecule is CCN(CC)C(=O)CCNc1nc(C)cc(C)n1. The second-order valence-corrected chi connectivity index (χ2v) is 4.22. The van der Waals surface area contributed by atoms with Gasteiger partial charge in [-0.1, -0.05) is 0 Å². The first-order chi connectivity index (χ1) is 8.56. The summed E-state index contributed by atoms with van der Waals surface area (Å²) in [5.74, 6) is 0.761. The van der Waals surface area contributed by atoms with E-state index in [2.05, 4.69) is 15.3 Å². The summed E-state index contributed by atoms with van der Waals surface area (Å²) in [7, 11) is 0. The third-order valence-corrected chi connectivity index (χ3v) is 2.72. The number of nitrogens with one attached hydrogen (secondary N) is 1. The van der Waals surface area contributed by atoms with Gasteiger partial charge in [0.1, 0.15) is 0 Å². The molecule has 1 N–H and O–H groups in total. The summed E-state index contributed by atoms with van der Waals surface area (Å²) >= 11 is 0. The van der Waals surface area contributed by atoms with Gasteiger partial charge < -0.3 is 10.2 Å². The zero-order valence-electron chi connectivity index (χ0n) is 11.7. The first kappa shape index (κ1) is 14.4. The molecule has 100 valence electrons. The highest BCUT2D eigenvalue weighted by molar-refractivity contribution is 5.76. The van der Waals surface area contributed by atoms with Gasteiger partial charge >= 0.3 is 0 Å². The zero-order chi connectivity index (χ0) is 13.5. The van der Waals surface area contributed by atoms with Crippen LogP contribution >= 0.6 is 0 Å². The molecule has 0 spiro atoms. The van der Waals surface area contributed by atoms with Crippen LogP contribution in [0.25, 0.3) is 0 Å². The third-order valence-electron chi connectivity index (χ3n) is 2.72. The predicted octanol–water partition coefficient (Wildman–Crippen LogP) is 1.76. The minimum Gasteiger partial charge on any atom is -0.354 e. The molecule has 0 saturated carbocycles.